The third kappa shape index (κ3) is 5.99. The molecule has 1 N–H and O–H groups in total. The Balaban J connectivity index is 1.36. The average Bonchev–Trinajstić information content (AvgIpc) is 2.68. The van der Waals surface area contributed by atoms with Crippen molar-refractivity contribution in [2.75, 3.05) is 46.0 Å². The Kier molecular flexibility index (Phi) is 7.09. The zero-order valence-electron chi connectivity index (χ0n) is 14.7. The monoisotopic (exact) mass is 348 g/mol. The van der Waals surface area contributed by atoms with E-state index in [4.69, 9.17) is 14.2 Å². The number of amides is 1. The minimum Gasteiger partial charge on any atom is -0.445 e. The second-order valence-corrected chi connectivity index (χ2v) is 6.72. The van der Waals surface area contributed by atoms with Gasteiger partial charge in [-0.3, -0.25) is 0 Å². The molecule has 6 nitrogen and oxygen atoms in total. The maximum atomic E-state index is 12.2. The standard InChI is InChI=1S/C19H28N2O4/c22-19(25-15-16-5-2-1-3-6-16)21-8-10-24-18(13-21)12-20-11-17-7-4-9-23-14-17/h1-3,5-6,17-18,20H,4,7-15H2. The Morgan fingerprint density at radius 3 is 2.92 bits per heavy atom. The number of hydrogen-bond donors (Lipinski definition) is 1. The summed E-state index contributed by atoms with van der Waals surface area (Å²) in [4.78, 5) is 14.0. The van der Waals surface area contributed by atoms with Gasteiger partial charge >= 0.3 is 6.09 Å². The van der Waals surface area contributed by atoms with Crippen LogP contribution in [0.1, 0.15) is 18.4 Å². The molecule has 2 aliphatic heterocycles. The minimum atomic E-state index is -0.266. The van der Waals surface area contributed by atoms with E-state index >= 15 is 0 Å². The number of carbonyl (C=O) groups excluding carboxylic acids is 1. The van der Waals surface area contributed by atoms with Crippen LogP contribution in [0.5, 0.6) is 0 Å². The Morgan fingerprint density at radius 1 is 1.24 bits per heavy atom. The van der Waals surface area contributed by atoms with Crippen molar-refractivity contribution in [1.29, 1.82) is 0 Å². The van der Waals surface area contributed by atoms with Gasteiger partial charge in [-0.05, 0) is 24.3 Å². The lowest BCUT2D eigenvalue weighted by molar-refractivity contribution is -0.0281. The summed E-state index contributed by atoms with van der Waals surface area (Å²) in [7, 11) is 0. The number of carbonyl (C=O) groups is 1. The summed E-state index contributed by atoms with van der Waals surface area (Å²) in [6.45, 7) is 5.44. The van der Waals surface area contributed by atoms with Crippen LogP contribution in [-0.2, 0) is 20.8 Å². The van der Waals surface area contributed by atoms with Crippen LogP contribution in [0.15, 0.2) is 30.3 Å². The Bertz CT molecular complexity index is 519. The van der Waals surface area contributed by atoms with Gasteiger partial charge in [0.25, 0.3) is 0 Å². The smallest absolute Gasteiger partial charge is 0.410 e. The van der Waals surface area contributed by atoms with E-state index in [0.29, 0.717) is 32.2 Å². The first-order chi connectivity index (χ1) is 12.3. The topological polar surface area (TPSA) is 60.0 Å². The number of nitrogens with zero attached hydrogens (tertiary/aromatic N) is 1. The Labute approximate surface area is 149 Å². The zero-order valence-corrected chi connectivity index (χ0v) is 14.7. The second kappa shape index (κ2) is 9.75. The molecule has 1 aromatic carbocycles. The molecular weight excluding hydrogens is 320 g/mol. The quantitative estimate of drug-likeness (QED) is 0.852. The van der Waals surface area contributed by atoms with Gasteiger partial charge in [0.15, 0.2) is 0 Å². The third-order valence-electron chi connectivity index (χ3n) is 4.66. The van der Waals surface area contributed by atoms with Crippen LogP contribution in [-0.4, -0.2) is 63.1 Å². The first-order valence-corrected chi connectivity index (χ1v) is 9.17. The van der Waals surface area contributed by atoms with Gasteiger partial charge in [0, 0.05) is 26.2 Å². The Hall–Kier alpha value is -1.63. The summed E-state index contributed by atoms with van der Waals surface area (Å²) >= 11 is 0. The summed E-state index contributed by atoms with van der Waals surface area (Å²) < 4.78 is 16.7. The summed E-state index contributed by atoms with van der Waals surface area (Å²) in [5, 5.41) is 3.46. The number of ether oxygens (including phenoxy) is 3. The van der Waals surface area contributed by atoms with Crippen LogP contribution in [0.25, 0.3) is 0 Å². The van der Waals surface area contributed by atoms with Crippen molar-refractivity contribution < 1.29 is 19.0 Å². The van der Waals surface area contributed by atoms with Crippen LogP contribution in [0.4, 0.5) is 4.79 Å². The molecule has 25 heavy (non-hydrogen) atoms. The molecule has 2 unspecified atom stereocenters. The lowest BCUT2D eigenvalue weighted by Gasteiger charge is -2.33. The van der Waals surface area contributed by atoms with E-state index in [-0.39, 0.29) is 12.2 Å². The molecule has 0 aliphatic carbocycles. The number of nitrogens with one attached hydrogen (secondary N) is 1. The highest BCUT2D eigenvalue weighted by molar-refractivity contribution is 5.67. The lowest BCUT2D eigenvalue weighted by atomic mass is 10.0. The van der Waals surface area contributed by atoms with Crippen LogP contribution in [0.2, 0.25) is 0 Å². The number of morpholine rings is 1. The van der Waals surface area contributed by atoms with Crippen molar-refractivity contribution in [3.63, 3.8) is 0 Å². The van der Waals surface area contributed by atoms with Crippen molar-refractivity contribution in [1.82, 2.24) is 10.2 Å². The van der Waals surface area contributed by atoms with E-state index in [1.165, 1.54) is 6.42 Å². The van der Waals surface area contributed by atoms with Gasteiger partial charge in [-0.2, -0.15) is 0 Å². The van der Waals surface area contributed by atoms with Gasteiger partial charge in [0.05, 0.1) is 25.9 Å². The first kappa shape index (κ1) is 18.2. The van der Waals surface area contributed by atoms with Gasteiger partial charge in [0.2, 0.25) is 0 Å². The predicted molar refractivity (Wildman–Crippen MR) is 94.4 cm³/mol. The summed E-state index contributed by atoms with van der Waals surface area (Å²) in [5.74, 6) is 0.587. The van der Waals surface area contributed by atoms with Gasteiger partial charge in [-0.1, -0.05) is 30.3 Å². The average molecular weight is 348 g/mol. The second-order valence-electron chi connectivity index (χ2n) is 6.72. The molecule has 2 atom stereocenters. The molecule has 2 fully saturated rings. The fraction of sp³-hybridized carbons (Fsp3) is 0.632. The molecule has 6 heteroatoms. The third-order valence-corrected chi connectivity index (χ3v) is 4.66. The lowest BCUT2D eigenvalue weighted by Crippen LogP contribution is -2.49. The number of hydrogen-bond acceptors (Lipinski definition) is 5. The van der Waals surface area contributed by atoms with Crippen molar-refractivity contribution >= 4 is 6.09 Å². The fourth-order valence-electron chi connectivity index (χ4n) is 3.24. The maximum absolute atomic E-state index is 12.2. The van der Waals surface area contributed by atoms with Crippen LogP contribution in [0.3, 0.4) is 0 Å². The van der Waals surface area contributed by atoms with E-state index in [9.17, 15) is 4.79 Å². The minimum absolute atomic E-state index is 0.0162. The normalized spacial score (nSPS) is 24.1. The molecule has 0 saturated carbocycles. The van der Waals surface area contributed by atoms with Gasteiger partial charge < -0.3 is 24.4 Å². The molecule has 3 rings (SSSR count). The Morgan fingerprint density at radius 2 is 2.12 bits per heavy atom. The van der Waals surface area contributed by atoms with Gasteiger partial charge in [-0.25, -0.2) is 4.79 Å². The van der Waals surface area contributed by atoms with Crippen LogP contribution >= 0.6 is 0 Å². The van der Waals surface area contributed by atoms with Crippen molar-refractivity contribution in [2.24, 2.45) is 5.92 Å². The zero-order chi connectivity index (χ0) is 17.3. The maximum Gasteiger partial charge on any atom is 0.410 e. The highest BCUT2D eigenvalue weighted by atomic mass is 16.6. The molecule has 2 heterocycles. The summed E-state index contributed by atoms with van der Waals surface area (Å²) in [6.07, 6.45) is 2.12. The van der Waals surface area contributed by atoms with Crippen LogP contribution < -0.4 is 5.32 Å². The first-order valence-electron chi connectivity index (χ1n) is 9.17. The molecule has 0 radical (unpaired) electrons. The van der Waals surface area contributed by atoms with Crippen molar-refractivity contribution in [2.45, 2.75) is 25.6 Å². The van der Waals surface area contributed by atoms with Crippen LogP contribution in [0, 0.1) is 5.92 Å². The fourth-order valence-corrected chi connectivity index (χ4v) is 3.24. The van der Waals surface area contributed by atoms with Crippen molar-refractivity contribution in [3.8, 4) is 0 Å². The number of benzene rings is 1. The molecule has 138 valence electrons. The molecular formula is C19H28N2O4. The summed E-state index contributed by atoms with van der Waals surface area (Å²) in [6, 6.07) is 9.74. The molecule has 0 aromatic heterocycles. The van der Waals surface area contributed by atoms with E-state index in [2.05, 4.69) is 5.32 Å². The molecule has 1 amide bonds. The van der Waals surface area contributed by atoms with Gasteiger partial charge in [-0.15, -0.1) is 0 Å². The van der Waals surface area contributed by atoms with Gasteiger partial charge in [0.1, 0.15) is 6.61 Å². The van der Waals surface area contributed by atoms with Crippen molar-refractivity contribution in [3.05, 3.63) is 35.9 Å². The van der Waals surface area contributed by atoms with E-state index in [0.717, 1.165) is 38.3 Å². The summed E-state index contributed by atoms with van der Waals surface area (Å²) in [5.41, 5.74) is 0.997. The SMILES string of the molecule is O=C(OCc1ccccc1)N1CCOC(CNCC2CCCOC2)C1. The molecule has 2 saturated heterocycles. The van der Waals surface area contributed by atoms with E-state index in [1.54, 1.807) is 4.90 Å². The van der Waals surface area contributed by atoms with E-state index in [1.807, 2.05) is 30.3 Å². The highest BCUT2D eigenvalue weighted by Crippen LogP contribution is 2.13. The molecule has 2 aliphatic rings. The van der Waals surface area contributed by atoms with E-state index < -0.39 is 0 Å². The highest BCUT2D eigenvalue weighted by Gasteiger charge is 2.25. The molecule has 0 bridgehead atoms. The molecule has 1 aromatic rings. The number of rotatable bonds is 6. The molecule has 0 spiro atoms. The predicted octanol–water partition coefficient (Wildman–Crippen LogP) is 2.04. The largest absolute Gasteiger partial charge is 0.445 e.